The number of hydrogen-bond acceptors (Lipinski definition) is 4. The van der Waals surface area contributed by atoms with Gasteiger partial charge < -0.3 is 20.2 Å². The highest BCUT2D eigenvalue weighted by atomic mass is 16.3. The molecule has 0 aliphatic rings. The molecule has 0 aliphatic carbocycles. The Bertz CT molecular complexity index is 667. The van der Waals surface area contributed by atoms with Gasteiger partial charge in [0.1, 0.15) is 6.26 Å². The van der Waals surface area contributed by atoms with Crippen LogP contribution in [0.1, 0.15) is 24.6 Å². The number of amides is 2. The van der Waals surface area contributed by atoms with Crippen molar-refractivity contribution >= 4 is 11.7 Å². The van der Waals surface area contributed by atoms with E-state index in [1.807, 2.05) is 39.0 Å². The van der Waals surface area contributed by atoms with Crippen molar-refractivity contribution < 1.29 is 14.3 Å². The van der Waals surface area contributed by atoms with Crippen LogP contribution in [0.2, 0.25) is 0 Å². The molecule has 6 nitrogen and oxygen atoms in total. The summed E-state index contributed by atoms with van der Waals surface area (Å²) >= 11 is 0. The molecular formula is C17H23N3O3. The molecule has 0 radical (unpaired) electrons. The molecule has 6 heteroatoms. The summed E-state index contributed by atoms with van der Waals surface area (Å²) in [7, 11) is 0. The lowest BCUT2D eigenvalue weighted by Gasteiger charge is -2.13. The Morgan fingerprint density at radius 1 is 1.39 bits per heavy atom. The molecule has 23 heavy (non-hydrogen) atoms. The van der Waals surface area contributed by atoms with E-state index in [1.54, 1.807) is 6.26 Å². The summed E-state index contributed by atoms with van der Waals surface area (Å²) in [6.45, 7) is 6.46. The summed E-state index contributed by atoms with van der Waals surface area (Å²) in [4.78, 5) is 16.3. The lowest BCUT2D eigenvalue weighted by Crippen LogP contribution is -2.32. The van der Waals surface area contributed by atoms with Crippen LogP contribution in [-0.2, 0) is 0 Å². The van der Waals surface area contributed by atoms with Gasteiger partial charge in [-0.15, -0.1) is 0 Å². The van der Waals surface area contributed by atoms with Gasteiger partial charge in [-0.25, -0.2) is 9.78 Å². The van der Waals surface area contributed by atoms with Crippen molar-refractivity contribution in [1.82, 2.24) is 10.3 Å². The number of urea groups is 1. The normalized spacial score (nSPS) is 12.0. The summed E-state index contributed by atoms with van der Waals surface area (Å²) in [5, 5.41) is 14.5. The van der Waals surface area contributed by atoms with Gasteiger partial charge in [0, 0.05) is 24.4 Å². The first-order valence-corrected chi connectivity index (χ1v) is 7.68. The number of nitrogens with one attached hydrogen (secondary N) is 2. The Hall–Kier alpha value is -2.34. The molecule has 0 saturated carbocycles. The molecule has 1 aromatic carbocycles. The van der Waals surface area contributed by atoms with Crippen molar-refractivity contribution in [2.24, 2.45) is 5.92 Å². The van der Waals surface area contributed by atoms with Gasteiger partial charge in [0.15, 0.2) is 0 Å². The van der Waals surface area contributed by atoms with Crippen LogP contribution in [-0.4, -0.2) is 29.3 Å². The summed E-state index contributed by atoms with van der Waals surface area (Å²) in [5.74, 6) is 0.773. The molecule has 124 valence electrons. The predicted molar refractivity (Wildman–Crippen MR) is 89.3 cm³/mol. The third-order valence-electron chi connectivity index (χ3n) is 3.58. The molecule has 2 rings (SSSR count). The highest BCUT2D eigenvalue weighted by molar-refractivity contribution is 5.90. The van der Waals surface area contributed by atoms with Gasteiger partial charge in [-0.05, 0) is 43.9 Å². The van der Waals surface area contributed by atoms with Gasteiger partial charge in [-0.1, -0.05) is 13.0 Å². The van der Waals surface area contributed by atoms with Crippen LogP contribution < -0.4 is 10.6 Å². The van der Waals surface area contributed by atoms with Crippen LogP contribution >= 0.6 is 0 Å². The zero-order valence-corrected chi connectivity index (χ0v) is 13.7. The van der Waals surface area contributed by atoms with Gasteiger partial charge in [0.2, 0.25) is 5.89 Å². The quantitative estimate of drug-likeness (QED) is 0.764. The van der Waals surface area contributed by atoms with Gasteiger partial charge in [0.25, 0.3) is 0 Å². The highest BCUT2D eigenvalue weighted by Gasteiger charge is 2.11. The van der Waals surface area contributed by atoms with E-state index >= 15 is 0 Å². The second-order valence-electron chi connectivity index (χ2n) is 5.78. The molecule has 0 bridgehead atoms. The van der Waals surface area contributed by atoms with Crippen LogP contribution in [0.15, 0.2) is 28.9 Å². The molecule has 1 heterocycles. The van der Waals surface area contributed by atoms with E-state index < -0.39 is 0 Å². The molecular weight excluding hydrogens is 294 g/mol. The minimum Gasteiger partial charge on any atom is -0.444 e. The number of oxazole rings is 1. The van der Waals surface area contributed by atoms with Gasteiger partial charge in [-0.3, -0.25) is 0 Å². The number of carbonyl (C=O) groups excluding carboxylic acids is 1. The molecule has 1 atom stereocenters. The average Bonchev–Trinajstić information content (AvgIpc) is 2.94. The second-order valence-corrected chi connectivity index (χ2v) is 5.78. The summed E-state index contributed by atoms with van der Waals surface area (Å²) in [5.41, 5.74) is 3.36. The van der Waals surface area contributed by atoms with Crippen molar-refractivity contribution in [2.75, 3.05) is 18.5 Å². The Kier molecular flexibility index (Phi) is 5.76. The van der Waals surface area contributed by atoms with Crippen molar-refractivity contribution in [3.05, 3.63) is 35.7 Å². The number of benzene rings is 1. The molecule has 3 N–H and O–H groups in total. The van der Waals surface area contributed by atoms with Crippen LogP contribution in [0, 0.1) is 19.8 Å². The van der Waals surface area contributed by atoms with Gasteiger partial charge >= 0.3 is 6.03 Å². The highest BCUT2D eigenvalue weighted by Crippen LogP contribution is 2.26. The Labute approximate surface area is 135 Å². The van der Waals surface area contributed by atoms with Crippen molar-refractivity contribution in [2.45, 2.75) is 27.2 Å². The van der Waals surface area contributed by atoms with E-state index in [2.05, 4.69) is 15.6 Å². The number of carbonyl (C=O) groups is 1. The van der Waals surface area contributed by atoms with E-state index in [1.165, 1.54) is 0 Å². The Morgan fingerprint density at radius 3 is 2.83 bits per heavy atom. The molecule has 0 saturated heterocycles. The first kappa shape index (κ1) is 17.0. The van der Waals surface area contributed by atoms with Crippen LogP contribution in [0.4, 0.5) is 10.5 Å². The fourth-order valence-electron chi connectivity index (χ4n) is 2.17. The predicted octanol–water partition coefficient (Wildman–Crippen LogP) is 3.10. The van der Waals surface area contributed by atoms with Crippen molar-refractivity contribution in [3.63, 3.8) is 0 Å². The molecule has 0 aliphatic heterocycles. The summed E-state index contributed by atoms with van der Waals surface area (Å²) < 4.78 is 5.43. The maximum atomic E-state index is 11.9. The largest absolute Gasteiger partial charge is 0.444 e. The number of aliphatic hydroxyl groups is 1. The fourth-order valence-corrected chi connectivity index (χ4v) is 2.17. The maximum absolute atomic E-state index is 11.9. The van der Waals surface area contributed by atoms with Crippen LogP contribution in [0.3, 0.4) is 0 Å². The SMILES string of the molecule is Cc1coc(-c2cc(NC(=O)NCC(C)CCO)ccc2C)n1. The van der Waals surface area contributed by atoms with E-state index in [-0.39, 0.29) is 18.6 Å². The third kappa shape index (κ3) is 4.82. The molecule has 0 fully saturated rings. The number of anilines is 1. The van der Waals surface area contributed by atoms with E-state index in [4.69, 9.17) is 9.52 Å². The van der Waals surface area contributed by atoms with Crippen molar-refractivity contribution in [3.8, 4) is 11.5 Å². The number of rotatable bonds is 6. The smallest absolute Gasteiger partial charge is 0.319 e. The zero-order chi connectivity index (χ0) is 16.8. The number of aryl methyl sites for hydroxylation is 2. The molecule has 0 spiro atoms. The molecule has 1 unspecified atom stereocenters. The Morgan fingerprint density at radius 2 is 2.17 bits per heavy atom. The van der Waals surface area contributed by atoms with Crippen molar-refractivity contribution in [1.29, 1.82) is 0 Å². The fraction of sp³-hybridized carbons (Fsp3) is 0.412. The number of nitrogens with zero attached hydrogens (tertiary/aromatic N) is 1. The Balaban J connectivity index is 2.02. The molecule has 2 amide bonds. The molecule has 2 aromatic rings. The number of aliphatic hydroxyl groups excluding tert-OH is 1. The summed E-state index contributed by atoms with van der Waals surface area (Å²) in [6, 6.07) is 5.33. The topological polar surface area (TPSA) is 87.4 Å². The van der Waals surface area contributed by atoms with E-state index in [0.29, 0.717) is 24.5 Å². The molecule has 1 aromatic heterocycles. The number of hydrogen-bond donors (Lipinski definition) is 3. The minimum absolute atomic E-state index is 0.126. The van der Waals surface area contributed by atoms with Gasteiger partial charge in [-0.2, -0.15) is 0 Å². The van der Waals surface area contributed by atoms with E-state index in [0.717, 1.165) is 16.8 Å². The lowest BCUT2D eigenvalue weighted by molar-refractivity contribution is 0.243. The lowest BCUT2D eigenvalue weighted by atomic mass is 10.1. The first-order chi connectivity index (χ1) is 11.0. The maximum Gasteiger partial charge on any atom is 0.319 e. The third-order valence-corrected chi connectivity index (χ3v) is 3.58. The zero-order valence-electron chi connectivity index (χ0n) is 13.7. The van der Waals surface area contributed by atoms with Crippen LogP contribution in [0.5, 0.6) is 0 Å². The second kappa shape index (κ2) is 7.78. The van der Waals surface area contributed by atoms with E-state index in [9.17, 15) is 4.79 Å². The monoisotopic (exact) mass is 317 g/mol. The minimum atomic E-state index is -0.270. The first-order valence-electron chi connectivity index (χ1n) is 7.68. The van der Waals surface area contributed by atoms with Gasteiger partial charge in [0.05, 0.1) is 5.69 Å². The standard InChI is InChI=1S/C17H23N3O3/c1-11(6-7-21)9-18-17(22)20-14-5-4-12(2)15(8-14)16-19-13(3)10-23-16/h4-5,8,10-11,21H,6-7,9H2,1-3H3,(H2,18,20,22). The average molecular weight is 317 g/mol. The van der Waals surface area contributed by atoms with Crippen LogP contribution in [0.25, 0.3) is 11.5 Å². The number of aromatic nitrogens is 1. The summed E-state index contributed by atoms with van der Waals surface area (Å²) in [6.07, 6.45) is 2.27.